The van der Waals surface area contributed by atoms with Gasteiger partial charge in [0.2, 0.25) is 0 Å². The Morgan fingerprint density at radius 3 is 2.60 bits per heavy atom. The summed E-state index contributed by atoms with van der Waals surface area (Å²) in [6.45, 7) is -0.646. The van der Waals surface area contributed by atoms with Gasteiger partial charge in [0.25, 0.3) is 5.56 Å². The summed E-state index contributed by atoms with van der Waals surface area (Å²) in [4.78, 5) is 35.1. The van der Waals surface area contributed by atoms with Gasteiger partial charge in [-0.25, -0.2) is 13.6 Å². The number of hydrogen-bond donors (Lipinski definition) is 0. The van der Waals surface area contributed by atoms with Gasteiger partial charge in [0, 0.05) is 19.3 Å². The summed E-state index contributed by atoms with van der Waals surface area (Å²) < 4.78 is 28.2. The second kappa shape index (κ2) is 5.20. The number of rotatable bonds is 3. The number of ketones is 1. The van der Waals surface area contributed by atoms with E-state index in [-0.39, 0.29) is 0 Å². The fourth-order valence-corrected chi connectivity index (χ4v) is 1.70. The van der Waals surface area contributed by atoms with Crippen LogP contribution < -0.4 is 11.2 Å². The molecule has 2 rings (SSSR count). The monoisotopic (exact) mass is 280 g/mol. The average molecular weight is 280 g/mol. The lowest BCUT2D eigenvalue weighted by atomic mass is 10.1. The average Bonchev–Trinajstić information content (AvgIpc) is 2.41. The minimum Gasteiger partial charge on any atom is -0.303 e. The molecule has 0 N–H and O–H groups in total. The molecule has 1 heterocycles. The highest BCUT2D eigenvalue weighted by Gasteiger charge is 2.15. The summed E-state index contributed by atoms with van der Waals surface area (Å²) in [5.74, 6) is -2.53. The molecule has 0 fully saturated rings. The summed E-state index contributed by atoms with van der Waals surface area (Å²) in [6.07, 6.45) is 1.26. The van der Waals surface area contributed by atoms with Gasteiger partial charge in [0.05, 0.1) is 12.1 Å². The lowest BCUT2D eigenvalue weighted by Gasteiger charge is -2.06. The Hall–Kier alpha value is -2.57. The van der Waals surface area contributed by atoms with Gasteiger partial charge in [-0.3, -0.25) is 14.2 Å². The van der Waals surface area contributed by atoms with Crippen molar-refractivity contribution in [3.63, 3.8) is 0 Å². The van der Waals surface area contributed by atoms with Gasteiger partial charge in [0.15, 0.2) is 5.78 Å². The maximum Gasteiger partial charge on any atom is 0.331 e. The Morgan fingerprint density at radius 1 is 1.20 bits per heavy atom. The Balaban J connectivity index is 2.43. The molecule has 0 atom stereocenters. The van der Waals surface area contributed by atoms with Crippen molar-refractivity contribution in [2.45, 2.75) is 6.54 Å². The zero-order chi connectivity index (χ0) is 14.9. The number of benzene rings is 1. The van der Waals surface area contributed by atoms with Crippen LogP contribution in [0.3, 0.4) is 0 Å². The molecule has 2 aromatic rings. The normalized spacial score (nSPS) is 10.6. The van der Waals surface area contributed by atoms with Gasteiger partial charge in [-0.1, -0.05) is 0 Å². The highest BCUT2D eigenvalue weighted by molar-refractivity contribution is 5.96. The van der Waals surface area contributed by atoms with Crippen LogP contribution in [-0.4, -0.2) is 14.9 Å². The molecular formula is C13H10F2N2O3. The quantitative estimate of drug-likeness (QED) is 0.778. The van der Waals surface area contributed by atoms with Crippen LogP contribution in [0, 0.1) is 11.6 Å². The van der Waals surface area contributed by atoms with Crippen molar-refractivity contribution in [1.29, 1.82) is 0 Å². The lowest BCUT2D eigenvalue weighted by Crippen LogP contribution is -2.39. The first-order valence-corrected chi connectivity index (χ1v) is 5.65. The number of aromatic nitrogens is 2. The van der Waals surface area contributed by atoms with Gasteiger partial charge >= 0.3 is 5.69 Å². The van der Waals surface area contributed by atoms with Crippen LogP contribution in [0.4, 0.5) is 8.78 Å². The second-order valence-corrected chi connectivity index (χ2v) is 4.18. The number of aryl methyl sites for hydroxylation is 1. The van der Waals surface area contributed by atoms with Crippen molar-refractivity contribution in [1.82, 2.24) is 9.13 Å². The standard InChI is InChI=1S/C13H10F2N2O3/c1-16-5-4-12(19)17(13(16)20)7-11(18)9-6-8(14)2-3-10(9)15/h2-6H,7H2,1H3. The molecule has 104 valence electrons. The van der Waals surface area contributed by atoms with E-state index in [2.05, 4.69) is 0 Å². The van der Waals surface area contributed by atoms with E-state index in [0.717, 1.165) is 28.8 Å². The fourth-order valence-electron chi connectivity index (χ4n) is 1.70. The van der Waals surface area contributed by atoms with Crippen LogP contribution in [0.1, 0.15) is 10.4 Å². The number of hydrogen-bond acceptors (Lipinski definition) is 3. The molecule has 0 radical (unpaired) electrons. The second-order valence-electron chi connectivity index (χ2n) is 4.18. The van der Waals surface area contributed by atoms with Crippen LogP contribution in [0.25, 0.3) is 0 Å². The molecule has 0 unspecified atom stereocenters. The van der Waals surface area contributed by atoms with E-state index in [9.17, 15) is 23.2 Å². The van der Waals surface area contributed by atoms with Gasteiger partial charge in [-0.05, 0) is 18.2 Å². The van der Waals surface area contributed by atoms with E-state index in [1.807, 2.05) is 0 Å². The van der Waals surface area contributed by atoms with Crippen LogP contribution in [0.5, 0.6) is 0 Å². The predicted octanol–water partition coefficient (Wildman–Crippen LogP) is 0.708. The van der Waals surface area contributed by atoms with Crippen LogP contribution in [0.15, 0.2) is 40.1 Å². The number of carbonyl (C=O) groups is 1. The molecule has 0 saturated carbocycles. The third kappa shape index (κ3) is 2.56. The molecule has 0 bridgehead atoms. The molecule has 0 aliphatic heterocycles. The number of halogens is 2. The highest BCUT2D eigenvalue weighted by Crippen LogP contribution is 2.10. The molecule has 0 aliphatic rings. The Morgan fingerprint density at radius 2 is 1.90 bits per heavy atom. The van der Waals surface area contributed by atoms with E-state index < -0.39 is 40.8 Å². The molecular weight excluding hydrogens is 270 g/mol. The first-order valence-electron chi connectivity index (χ1n) is 5.65. The number of nitrogens with zero attached hydrogens (tertiary/aromatic N) is 2. The van der Waals surface area contributed by atoms with Crippen LogP contribution in [0.2, 0.25) is 0 Å². The topological polar surface area (TPSA) is 61.1 Å². The molecule has 0 spiro atoms. The first kappa shape index (κ1) is 13.9. The Labute approximate surface area is 111 Å². The molecule has 5 nitrogen and oxygen atoms in total. The third-order valence-electron chi connectivity index (χ3n) is 2.77. The summed E-state index contributed by atoms with van der Waals surface area (Å²) in [6, 6.07) is 3.53. The summed E-state index contributed by atoms with van der Waals surface area (Å²) >= 11 is 0. The maximum atomic E-state index is 13.4. The summed E-state index contributed by atoms with van der Waals surface area (Å²) in [7, 11) is 1.41. The maximum absolute atomic E-state index is 13.4. The van der Waals surface area contributed by atoms with Crippen molar-refractivity contribution in [2.24, 2.45) is 7.05 Å². The van der Waals surface area contributed by atoms with Crippen molar-refractivity contribution in [3.05, 3.63) is 68.5 Å². The van der Waals surface area contributed by atoms with E-state index in [4.69, 9.17) is 0 Å². The van der Waals surface area contributed by atoms with Crippen LogP contribution in [-0.2, 0) is 13.6 Å². The predicted molar refractivity (Wildman–Crippen MR) is 66.6 cm³/mol. The van der Waals surface area contributed by atoms with E-state index in [0.29, 0.717) is 4.57 Å². The highest BCUT2D eigenvalue weighted by atomic mass is 19.1. The lowest BCUT2D eigenvalue weighted by molar-refractivity contribution is 0.0964. The van der Waals surface area contributed by atoms with Crippen LogP contribution >= 0.6 is 0 Å². The SMILES string of the molecule is Cn1ccc(=O)n(CC(=O)c2cc(F)ccc2F)c1=O. The molecule has 0 aliphatic carbocycles. The van der Waals surface area contributed by atoms with E-state index in [1.54, 1.807) is 0 Å². The zero-order valence-electron chi connectivity index (χ0n) is 10.5. The van der Waals surface area contributed by atoms with Gasteiger partial charge in [-0.2, -0.15) is 0 Å². The van der Waals surface area contributed by atoms with E-state index in [1.165, 1.54) is 13.2 Å². The molecule has 20 heavy (non-hydrogen) atoms. The van der Waals surface area contributed by atoms with Crippen molar-refractivity contribution in [2.75, 3.05) is 0 Å². The fraction of sp³-hybridized carbons (Fsp3) is 0.154. The molecule has 1 aromatic heterocycles. The third-order valence-corrected chi connectivity index (χ3v) is 2.77. The number of carbonyl (C=O) groups excluding carboxylic acids is 1. The Bertz CT molecular complexity index is 793. The Kier molecular flexibility index (Phi) is 3.60. The summed E-state index contributed by atoms with van der Waals surface area (Å²) in [5, 5.41) is 0. The zero-order valence-corrected chi connectivity index (χ0v) is 10.5. The molecule has 0 saturated heterocycles. The number of Topliss-reactive ketones (excluding diaryl/α,β-unsaturated/α-hetero) is 1. The van der Waals surface area contributed by atoms with Crippen molar-refractivity contribution >= 4 is 5.78 Å². The minimum absolute atomic E-state index is 0.497. The minimum atomic E-state index is -0.905. The van der Waals surface area contributed by atoms with Crippen molar-refractivity contribution < 1.29 is 13.6 Å². The molecule has 0 amide bonds. The van der Waals surface area contributed by atoms with Gasteiger partial charge in [-0.15, -0.1) is 0 Å². The molecule has 1 aromatic carbocycles. The largest absolute Gasteiger partial charge is 0.331 e. The molecule has 7 heteroatoms. The van der Waals surface area contributed by atoms with Gasteiger partial charge < -0.3 is 4.57 Å². The smallest absolute Gasteiger partial charge is 0.303 e. The van der Waals surface area contributed by atoms with E-state index >= 15 is 0 Å². The van der Waals surface area contributed by atoms with Crippen molar-refractivity contribution in [3.8, 4) is 0 Å². The first-order chi connectivity index (χ1) is 9.40. The summed E-state index contributed by atoms with van der Waals surface area (Å²) in [5.41, 5.74) is -1.89. The van der Waals surface area contributed by atoms with Gasteiger partial charge in [0.1, 0.15) is 11.6 Å².